The first-order valence-electron chi connectivity index (χ1n) is 10.3. The molecule has 0 aliphatic heterocycles. The first kappa shape index (κ1) is 20.8. The van der Waals surface area contributed by atoms with Gasteiger partial charge in [-0.15, -0.1) is 0 Å². The Kier molecular flexibility index (Phi) is 6.14. The molecule has 0 aliphatic rings. The molecule has 0 fully saturated rings. The summed E-state index contributed by atoms with van der Waals surface area (Å²) in [5.74, 6) is 0.252. The summed E-state index contributed by atoms with van der Waals surface area (Å²) < 4.78 is 19.0. The lowest BCUT2D eigenvalue weighted by Crippen LogP contribution is -2.20. The normalized spacial score (nSPS) is 11.2. The van der Waals surface area contributed by atoms with Crippen molar-refractivity contribution in [2.45, 2.75) is 19.9 Å². The molecule has 4 rings (SSSR count). The number of carbonyl (C=O) groups is 1. The van der Waals surface area contributed by atoms with E-state index in [-0.39, 0.29) is 11.7 Å². The molecule has 0 aliphatic carbocycles. The number of benzene rings is 3. The summed E-state index contributed by atoms with van der Waals surface area (Å²) in [6.45, 7) is 3.74. The molecule has 0 saturated heterocycles. The number of fused-ring (bicyclic) bond motifs is 1. The van der Waals surface area contributed by atoms with Crippen LogP contribution < -0.4 is 5.32 Å². The number of rotatable bonds is 7. The van der Waals surface area contributed by atoms with Crippen LogP contribution in [0.15, 0.2) is 77.2 Å². The molecule has 3 aromatic carbocycles. The van der Waals surface area contributed by atoms with Crippen molar-refractivity contribution in [2.75, 3.05) is 18.9 Å². The Bertz CT molecular complexity index is 1180. The molecular weight excluding hydrogens is 391 g/mol. The Morgan fingerprint density at radius 1 is 1.03 bits per heavy atom. The fraction of sp³-hybridized carbons (Fsp3) is 0.192. The third kappa shape index (κ3) is 5.01. The van der Waals surface area contributed by atoms with Gasteiger partial charge in [-0.2, -0.15) is 0 Å². The van der Waals surface area contributed by atoms with Crippen LogP contribution in [0.4, 0.5) is 10.1 Å². The Balaban J connectivity index is 1.48. The van der Waals surface area contributed by atoms with E-state index in [4.69, 9.17) is 4.42 Å². The van der Waals surface area contributed by atoms with E-state index < -0.39 is 0 Å². The largest absolute Gasteiger partial charge is 0.461 e. The molecule has 4 nitrogen and oxygen atoms in total. The minimum atomic E-state index is -0.367. The summed E-state index contributed by atoms with van der Waals surface area (Å²) >= 11 is 0. The second-order valence-corrected chi connectivity index (χ2v) is 7.78. The highest BCUT2D eigenvalue weighted by atomic mass is 19.1. The van der Waals surface area contributed by atoms with Gasteiger partial charge < -0.3 is 14.6 Å². The van der Waals surface area contributed by atoms with E-state index in [0.717, 1.165) is 41.8 Å². The fourth-order valence-corrected chi connectivity index (χ4v) is 3.74. The van der Waals surface area contributed by atoms with Gasteiger partial charge in [0, 0.05) is 35.3 Å². The van der Waals surface area contributed by atoms with E-state index >= 15 is 0 Å². The van der Waals surface area contributed by atoms with Crippen molar-refractivity contribution < 1.29 is 13.6 Å². The van der Waals surface area contributed by atoms with Gasteiger partial charge in [-0.25, -0.2) is 4.39 Å². The minimum Gasteiger partial charge on any atom is -0.461 e. The molecule has 1 heterocycles. The number of aryl methyl sites for hydroxylation is 1. The monoisotopic (exact) mass is 416 g/mol. The number of hydrogen-bond donors (Lipinski definition) is 1. The van der Waals surface area contributed by atoms with E-state index in [1.165, 1.54) is 29.8 Å². The number of amides is 1. The average Bonchev–Trinajstić information content (AvgIpc) is 3.07. The molecule has 0 unspecified atom stereocenters. The molecule has 5 heteroatoms. The van der Waals surface area contributed by atoms with Crippen LogP contribution in [0.3, 0.4) is 0 Å². The smallest absolute Gasteiger partial charge is 0.255 e. The molecule has 0 spiro atoms. The van der Waals surface area contributed by atoms with Crippen LogP contribution in [0.1, 0.15) is 27.2 Å². The number of halogens is 1. The summed E-state index contributed by atoms with van der Waals surface area (Å²) in [6.07, 6.45) is 0.845. The summed E-state index contributed by atoms with van der Waals surface area (Å²) in [5, 5.41) is 3.89. The van der Waals surface area contributed by atoms with Crippen molar-refractivity contribution in [1.29, 1.82) is 0 Å². The molecule has 0 saturated carbocycles. The maximum Gasteiger partial charge on any atom is 0.255 e. The number of likely N-dealkylation sites (N-methyl/N-ethyl adjacent to an activating group) is 1. The van der Waals surface area contributed by atoms with Crippen LogP contribution >= 0.6 is 0 Å². The highest BCUT2D eigenvalue weighted by molar-refractivity contribution is 6.05. The predicted molar refractivity (Wildman–Crippen MR) is 122 cm³/mol. The van der Waals surface area contributed by atoms with Crippen LogP contribution in [-0.4, -0.2) is 24.4 Å². The molecule has 31 heavy (non-hydrogen) atoms. The standard InChI is InChI=1S/C26H25FN2O2/c1-18-23(14-15-29(2)17-19-6-4-3-5-7-19)24-16-22(12-13-25(24)31-18)28-26(30)20-8-10-21(27)11-9-20/h3-13,16H,14-15,17H2,1-2H3,(H,28,30). The van der Waals surface area contributed by atoms with E-state index in [1.54, 1.807) is 0 Å². The van der Waals surface area contributed by atoms with Crippen molar-refractivity contribution in [3.8, 4) is 0 Å². The second-order valence-electron chi connectivity index (χ2n) is 7.78. The average molecular weight is 416 g/mol. The van der Waals surface area contributed by atoms with E-state index in [0.29, 0.717) is 11.3 Å². The first-order chi connectivity index (χ1) is 15.0. The van der Waals surface area contributed by atoms with E-state index in [9.17, 15) is 9.18 Å². The van der Waals surface area contributed by atoms with Crippen molar-refractivity contribution >= 4 is 22.6 Å². The van der Waals surface area contributed by atoms with Gasteiger partial charge >= 0.3 is 0 Å². The lowest BCUT2D eigenvalue weighted by molar-refractivity contribution is 0.102. The van der Waals surface area contributed by atoms with Crippen LogP contribution in [0, 0.1) is 12.7 Å². The van der Waals surface area contributed by atoms with Crippen molar-refractivity contribution in [1.82, 2.24) is 4.90 Å². The van der Waals surface area contributed by atoms with Gasteiger partial charge in [-0.05, 0) is 68.4 Å². The third-order valence-electron chi connectivity index (χ3n) is 5.40. The second kappa shape index (κ2) is 9.14. The molecule has 0 bridgehead atoms. The topological polar surface area (TPSA) is 45.5 Å². The lowest BCUT2D eigenvalue weighted by atomic mass is 10.1. The van der Waals surface area contributed by atoms with Crippen LogP contribution in [0.5, 0.6) is 0 Å². The highest BCUT2D eigenvalue weighted by Gasteiger charge is 2.14. The Morgan fingerprint density at radius 2 is 1.77 bits per heavy atom. The number of anilines is 1. The third-order valence-corrected chi connectivity index (χ3v) is 5.40. The summed E-state index contributed by atoms with van der Waals surface area (Å²) in [7, 11) is 2.11. The maximum absolute atomic E-state index is 13.1. The van der Waals surface area contributed by atoms with Crippen molar-refractivity contribution in [2.24, 2.45) is 0 Å². The summed E-state index contributed by atoms with van der Waals surface area (Å²) in [4.78, 5) is 14.8. The van der Waals surface area contributed by atoms with Crippen LogP contribution in [-0.2, 0) is 13.0 Å². The lowest BCUT2D eigenvalue weighted by Gasteiger charge is -2.16. The maximum atomic E-state index is 13.1. The molecule has 158 valence electrons. The zero-order valence-corrected chi connectivity index (χ0v) is 17.7. The molecule has 4 aromatic rings. The molecular formula is C26H25FN2O2. The zero-order chi connectivity index (χ0) is 21.8. The van der Waals surface area contributed by atoms with E-state index in [1.807, 2.05) is 31.2 Å². The zero-order valence-electron chi connectivity index (χ0n) is 17.7. The van der Waals surface area contributed by atoms with Crippen LogP contribution in [0.2, 0.25) is 0 Å². The summed E-state index contributed by atoms with van der Waals surface area (Å²) in [6, 6.07) is 21.5. The van der Waals surface area contributed by atoms with E-state index in [2.05, 4.69) is 41.5 Å². The highest BCUT2D eigenvalue weighted by Crippen LogP contribution is 2.29. The molecule has 0 atom stereocenters. The van der Waals surface area contributed by atoms with Gasteiger partial charge in [0.25, 0.3) is 5.91 Å². The van der Waals surface area contributed by atoms with Gasteiger partial charge in [-0.3, -0.25) is 4.79 Å². The summed E-state index contributed by atoms with van der Waals surface area (Å²) in [5.41, 5.74) is 4.32. The van der Waals surface area contributed by atoms with Gasteiger partial charge in [0.2, 0.25) is 0 Å². The van der Waals surface area contributed by atoms with Gasteiger partial charge in [0.05, 0.1) is 0 Å². The predicted octanol–water partition coefficient (Wildman–Crippen LogP) is 5.81. The number of carbonyl (C=O) groups excluding carboxylic acids is 1. The number of furan rings is 1. The van der Waals surface area contributed by atoms with Gasteiger partial charge in [-0.1, -0.05) is 30.3 Å². The quantitative estimate of drug-likeness (QED) is 0.414. The number of nitrogens with one attached hydrogen (secondary N) is 1. The van der Waals surface area contributed by atoms with Gasteiger partial charge in [0.1, 0.15) is 17.2 Å². The van der Waals surface area contributed by atoms with Gasteiger partial charge in [0.15, 0.2) is 0 Å². The Hall–Kier alpha value is -3.44. The van der Waals surface area contributed by atoms with Crippen molar-refractivity contribution in [3.63, 3.8) is 0 Å². The Labute approximate surface area is 181 Å². The first-order valence-corrected chi connectivity index (χ1v) is 10.3. The van der Waals surface area contributed by atoms with Crippen LogP contribution in [0.25, 0.3) is 11.0 Å². The number of hydrogen-bond acceptors (Lipinski definition) is 3. The fourth-order valence-electron chi connectivity index (χ4n) is 3.74. The molecule has 1 amide bonds. The molecule has 1 N–H and O–H groups in total. The molecule has 0 radical (unpaired) electrons. The Morgan fingerprint density at radius 3 is 2.52 bits per heavy atom. The van der Waals surface area contributed by atoms with Crippen molar-refractivity contribution in [3.05, 3.63) is 101 Å². The minimum absolute atomic E-state index is 0.274. The molecule has 1 aromatic heterocycles. The number of nitrogens with zero attached hydrogens (tertiary/aromatic N) is 1. The SMILES string of the molecule is Cc1oc2ccc(NC(=O)c3ccc(F)cc3)cc2c1CCN(C)Cc1ccccc1.